The lowest BCUT2D eigenvalue weighted by Crippen LogP contribution is -2.29. The summed E-state index contributed by atoms with van der Waals surface area (Å²) in [6, 6.07) is 14.1. The first-order chi connectivity index (χ1) is 14.7. The van der Waals surface area contributed by atoms with Gasteiger partial charge < -0.3 is 24.3 Å². The Balaban J connectivity index is 1.57. The fraction of sp³-hybridized carbons (Fsp3) is 0.304. The highest BCUT2D eigenvalue weighted by molar-refractivity contribution is 6.58. The normalized spacial score (nSPS) is 11.4. The van der Waals surface area contributed by atoms with E-state index in [0.29, 0.717) is 42.3 Å². The van der Waals surface area contributed by atoms with Crippen molar-refractivity contribution in [2.24, 2.45) is 5.41 Å². The van der Waals surface area contributed by atoms with Crippen molar-refractivity contribution in [2.45, 2.75) is 33.6 Å². The summed E-state index contributed by atoms with van der Waals surface area (Å²) in [6.45, 7) is 5.68. The van der Waals surface area contributed by atoms with Crippen LogP contribution in [0.1, 0.15) is 30.9 Å². The number of aryl methyl sites for hydroxylation is 1. The van der Waals surface area contributed by atoms with Crippen LogP contribution >= 0.6 is 0 Å². The van der Waals surface area contributed by atoms with E-state index in [-0.39, 0.29) is 0 Å². The zero-order chi connectivity index (χ0) is 22.6. The van der Waals surface area contributed by atoms with Gasteiger partial charge in [0.2, 0.25) is 5.89 Å². The predicted molar refractivity (Wildman–Crippen MR) is 117 cm³/mol. The first-order valence-electron chi connectivity index (χ1n) is 10.0. The maximum absolute atomic E-state index is 11.3. The predicted octanol–water partition coefficient (Wildman–Crippen LogP) is 2.60. The molecule has 0 unspecified atom stereocenters. The molecule has 2 aromatic carbocycles. The van der Waals surface area contributed by atoms with E-state index in [1.807, 2.05) is 31.2 Å². The molecule has 0 amide bonds. The molecule has 31 heavy (non-hydrogen) atoms. The molecular weight excluding hydrogens is 397 g/mol. The number of oxazole rings is 1. The number of hydrogen-bond donors (Lipinski definition) is 3. The average molecular weight is 423 g/mol. The Morgan fingerprint density at radius 1 is 1.10 bits per heavy atom. The molecule has 0 saturated heterocycles. The van der Waals surface area contributed by atoms with E-state index in [2.05, 4.69) is 4.98 Å². The molecule has 0 spiro atoms. The zero-order valence-corrected chi connectivity index (χ0v) is 17.8. The largest absolute Gasteiger partial charge is 0.493 e. The lowest BCUT2D eigenvalue weighted by Gasteiger charge is -2.19. The number of nitrogens with zero attached hydrogens (tertiary/aromatic N) is 1. The second kappa shape index (κ2) is 9.37. The van der Waals surface area contributed by atoms with Gasteiger partial charge in [-0.2, -0.15) is 0 Å². The molecule has 3 rings (SSSR count). The third-order valence-electron chi connectivity index (χ3n) is 5.10. The fourth-order valence-corrected chi connectivity index (χ4v) is 3.14. The molecule has 8 heteroatoms. The summed E-state index contributed by atoms with van der Waals surface area (Å²) in [5.41, 5.74) is 2.07. The standard InChI is InChI=1S/C23H26BNO6/c1-15-20(25-21(31-15)17-6-8-18(9-7-17)24(28)29)12-13-30-19-10-4-16(5-11-19)14-23(2,3)22(26)27/h4-11,28-29H,12-14H2,1-3H3,(H,26,27). The van der Waals surface area contributed by atoms with E-state index in [4.69, 9.17) is 9.15 Å². The van der Waals surface area contributed by atoms with Crippen LogP contribution in [-0.4, -0.2) is 39.8 Å². The van der Waals surface area contributed by atoms with Crippen molar-refractivity contribution in [3.8, 4) is 17.2 Å². The van der Waals surface area contributed by atoms with Crippen LogP contribution in [0.2, 0.25) is 0 Å². The van der Waals surface area contributed by atoms with Crippen LogP contribution in [0.5, 0.6) is 5.75 Å². The van der Waals surface area contributed by atoms with Crippen LogP contribution in [0.25, 0.3) is 11.5 Å². The molecular formula is C23H26BNO6. The van der Waals surface area contributed by atoms with Gasteiger partial charge in [-0.3, -0.25) is 4.79 Å². The van der Waals surface area contributed by atoms with Gasteiger partial charge in [-0.05, 0) is 62.5 Å². The van der Waals surface area contributed by atoms with Gasteiger partial charge in [-0.15, -0.1) is 0 Å². The number of benzene rings is 2. The van der Waals surface area contributed by atoms with Gasteiger partial charge in [-0.1, -0.05) is 24.3 Å². The number of aromatic nitrogens is 1. The van der Waals surface area contributed by atoms with Gasteiger partial charge in [0.1, 0.15) is 11.5 Å². The first kappa shape index (κ1) is 22.6. The average Bonchev–Trinajstić information content (AvgIpc) is 3.09. The van der Waals surface area contributed by atoms with Crippen LogP contribution in [0.15, 0.2) is 52.9 Å². The Morgan fingerprint density at radius 3 is 2.32 bits per heavy atom. The van der Waals surface area contributed by atoms with Crippen LogP contribution in [0, 0.1) is 12.3 Å². The van der Waals surface area contributed by atoms with Gasteiger partial charge >= 0.3 is 13.1 Å². The maximum Gasteiger partial charge on any atom is 0.488 e. The molecule has 0 aliphatic rings. The summed E-state index contributed by atoms with van der Waals surface area (Å²) in [5, 5.41) is 27.6. The molecule has 7 nitrogen and oxygen atoms in total. The smallest absolute Gasteiger partial charge is 0.488 e. The molecule has 1 aromatic heterocycles. The molecule has 0 aliphatic carbocycles. The van der Waals surface area contributed by atoms with E-state index < -0.39 is 18.5 Å². The highest BCUT2D eigenvalue weighted by atomic mass is 16.5. The second-order valence-electron chi connectivity index (χ2n) is 8.13. The molecule has 0 radical (unpaired) electrons. The van der Waals surface area contributed by atoms with E-state index in [9.17, 15) is 19.9 Å². The third-order valence-corrected chi connectivity index (χ3v) is 5.10. The fourth-order valence-electron chi connectivity index (χ4n) is 3.14. The molecule has 0 atom stereocenters. The van der Waals surface area contributed by atoms with Crippen molar-refractivity contribution in [3.63, 3.8) is 0 Å². The van der Waals surface area contributed by atoms with E-state index in [1.165, 1.54) is 0 Å². The molecule has 162 valence electrons. The Hall–Kier alpha value is -3.10. The summed E-state index contributed by atoms with van der Waals surface area (Å²) in [7, 11) is -1.51. The molecule has 0 aliphatic heterocycles. The third kappa shape index (κ3) is 5.74. The summed E-state index contributed by atoms with van der Waals surface area (Å²) in [6.07, 6.45) is 1.01. The highest BCUT2D eigenvalue weighted by Gasteiger charge is 2.27. The lowest BCUT2D eigenvalue weighted by molar-refractivity contribution is -0.146. The number of carboxylic acid groups (broad SMARTS) is 1. The van der Waals surface area contributed by atoms with Gasteiger partial charge in [0, 0.05) is 12.0 Å². The summed E-state index contributed by atoms with van der Waals surface area (Å²) < 4.78 is 11.5. The van der Waals surface area contributed by atoms with E-state index in [0.717, 1.165) is 16.8 Å². The van der Waals surface area contributed by atoms with Crippen LogP contribution < -0.4 is 10.2 Å². The Bertz CT molecular complexity index is 1030. The van der Waals surface area contributed by atoms with Crippen molar-refractivity contribution >= 4 is 18.6 Å². The molecule has 0 bridgehead atoms. The first-order valence-corrected chi connectivity index (χ1v) is 10.0. The lowest BCUT2D eigenvalue weighted by atomic mass is 9.80. The number of carbonyl (C=O) groups is 1. The maximum atomic E-state index is 11.3. The van der Waals surface area contributed by atoms with E-state index >= 15 is 0 Å². The quantitative estimate of drug-likeness (QED) is 0.454. The number of rotatable bonds is 9. The minimum atomic E-state index is -1.51. The van der Waals surface area contributed by atoms with Gasteiger partial charge in [0.15, 0.2) is 0 Å². The van der Waals surface area contributed by atoms with E-state index in [1.54, 1.807) is 38.1 Å². The van der Waals surface area contributed by atoms with Crippen molar-refractivity contribution in [1.82, 2.24) is 4.98 Å². The van der Waals surface area contributed by atoms with Gasteiger partial charge in [0.05, 0.1) is 17.7 Å². The number of carboxylic acids is 1. The number of hydrogen-bond acceptors (Lipinski definition) is 6. The zero-order valence-electron chi connectivity index (χ0n) is 17.8. The van der Waals surface area contributed by atoms with Crippen molar-refractivity contribution in [1.29, 1.82) is 0 Å². The second-order valence-corrected chi connectivity index (χ2v) is 8.13. The number of aliphatic carboxylic acids is 1. The molecule has 0 fully saturated rings. The molecule has 3 N–H and O–H groups in total. The van der Waals surface area contributed by atoms with Crippen LogP contribution in [-0.2, 0) is 17.6 Å². The van der Waals surface area contributed by atoms with Gasteiger partial charge in [0.25, 0.3) is 0 Å². The monoisotopic (exact) mass is 423 g/mol. The minimum Gasteiger partial charge on any atom is -0.493 e. The van der Waals surface area contributed by atoms with Crippen LogP contribution in [0.3, 0.4) is 0 Å². The summed E-state index contributed by atoms with van der Waals surface area (Å²) >= 11 is 0. The molecule has 1 heterocycles. The Kier molecular flexibility index (Phi) is 6.82. The van der Waals surface area contributed by atoms with Crippen LogP contribution in [0.4, 0.5) is 0 Å². The highest BCUT2D eigenvalue weighted by Crippen LogP contribution is 2.24. The Labute approximate surface area is 181 Å². The summed E-state index contributed by atoms with van der Waals surface area (Å²) in [5.74, 6) is 1.06. The molecule has 0 saturated carbocycles. The Morgan fingerprint density at radius 2 is 1.74 bits per heavy atom. The van der Waals surface area contributed by atoms with Crippen molar-refractivity contribution in [2.75, 3.05) is 6.61 Å². The van der Waals surface area contributed by atoms with Crippen molar-refractivity contribution in [3.05, 3.63) is 65.5 Å². The number of ether oxygens (including phenoxy) is 1. The minimum absolute atomic E-state index is 0.401. The SMILES string of the molecule is Cc1oc(-c2ccc(B(O)O)cc2)nc1CCOc1ccc(CC(C)(C)C(=O)O)cc1. The topological polar surface area (TPSA) is 113 Å². The van der Waals surface area contributed by atoms with Gasteiger partial charge in [-0.25, -0.2) is 4.98 Å². The summed E-state index contributed by atoms with van der Waals surface area (Å²) in [4.78, 5) is 15.8. The van der Waals surface area contributed by atoms with Crippen molar-refractivity contribution < 1.29 is 29.1 Å². The molecule has 3 aromatic rings.